The molecule has 0 spiro atoms. The first-order valence-electron chi connectivity index (χ1n) is 5.30. The van der Waals surface area contributed by atoms with Crippen LogP contribution in [-0.2, 0) is 10.0 Å². The molecule has 0 aliphatic rings. The van der Waals surface area contributed by atoms with Crippen LogP contribution in [0.5, 0.6) is 0 Å². The van der Waals surface area contributed by atoms with E-state index in [-0.39, 0.29) is 10.0 Å². The maximum absolute atomic E-state index is 12.8. The van der Waals surface area contributed by atoms with Crippen LogP contribution in [0, 0.1) is 5.82 Å². The van der Waals surface area contributed by atoms with E-state index in [1.54, 1.807) is 36.6 Å². The molecule has 0 unspecified atom stereocenters. The Morgan fingerprint density at radius 3 is 2.44 bits per heavy atom. The van der Waals surface area contributed by atoms with Crippen LogP contribution in [0.15, 0.2) is 46.0 Å². The van der Waals surface area contributed by atoms with Gasteiger partial charge in [-0.05, 0) is 36.1 Å². The Morgan fingerprint density at radius 1 is 1.22 bits per heavy atom. The van der Waals surface area contributed by atoms with Crippen LogP contribution in [0.3, 0.4) is 0 Å². The van der Waals surface area contributed by atoms with Crippen LogP contribution >= 0.6 is 11.3 Å². The Morgan fingerprint density at radius 2 is 1.89 bits per heavy atom. The van der Waals surface area contributed by atoms with Crippen LogP contribution in [0.4, 0.5) is 4.39 Å². The molecule has 1 atom stereocenters. The monoisotopic (exact) mass is 285 g/mol. The number of nitrogens with one attached hydrogen (secondary N) is 1. The van der Waals surface area contributed by atoms with Crippen LogP contribution in [0.25, 0.3) is 0 Å². The van der Waals surface area contributed by atoms with E-state index in [9.17, 15) is 12.8 Å². The lowest BCUT2D eigenvalue weighted by atomic mass is 10.1. The zero-order valence-corrected chi connectivity index (χ0v) is 11.3. The average Bonchev–Trinajstić information content (AvgIpc) is 2.83. The molecule has 6 heteroatoms. The molecule has 0 fully saturated rings. The van der Waals surface area contributed by atoms with Crippen molar-refractivity contribution in [2.24, 2.45) is 0 Å². The van der Waals surface area contributed by atoms with Crippen LogP contribution < -0.4 is 4.72 Å². The Kier molecular flexibility index (Phi) is 3.79. The number of hydrogen-bond acceptors (Lipinski definition) is 3. The number of halogens is 1. The summed E-state index contributed by atoms with van der Waals surface area (Å²) in [6.45, 7) is 1.72. The Balaban J connectivity index is 2.17. The van der Waals surface area contributed by atoms with Gasteiger partial charge >= 0.3 is 0 Å². The maximum Gasteiger partial charge on any atom is 0.250 e. The number of benzene rings is 1. The number of hydrogen-bond donors (Lipinski definition) is 1. The van der Waals surface area contributed by atoms with Gasteiger partial charge in [0.05, 0.1) is 0 Å². The Bertz CT molecular complexity index is 606. The minimum atomic E-state index is -3.50. The van der Waals surface area contributed by atoms with Crippen molar-refractivity contribution in [3.05, 3.63) is 53.2 Å². The van der Waals surface area contributed by atoms with E-state index in [0.717, 1.165) is 16.9 Å². The van der Waals surface area contributed by atoms with Crippen molar-refractivity contribution in [2.75, 3.05) is 0 Å². The number of thiophene rings is 1. The van der Waals surface area contributed by atoms with Crippen LogP contribution in [-0.4, -0.2) is 8.42 Å². The second-order valence-electron chi connectivity index (χ2n) is 3.83. The van der Waals surface area contributed by atoms with Gasteiger partial charge in [0.15, 0.2) is 0 Å². The molecule has 2 rings (SSSR count). The lowest BCUT2D eigenvalue weighted by molar-refractivity contribution is 0.568. The summed E-state index contributed by atoms with van der Waals surface area (Å²) >= 11 is 1.16. The summed E-state index contributed by atoms with van der Waals surface area (Å²) in [5.74, 6) is -0.341. The van der Waals surface area contributed by atoms with E-state index >= 15 is 0 Å². The third-order valence-corrected chi connectivity index (χ3v) is 5.40. The molecule has 0 saturated carbocycles. The molecule has 0 radical (unpaired) electrons. The highest BCUT2D eigenvalue weighted by Crippen LogP contribution is 2.20. The third kappa shape index (κ3) is 2.95. The highest BCUT2D eigenvalue weighted by molar-refractivity contribution is 7.91. The first-order chi connectivity index (χ1) is 8.49. The molecular formula is C12H12FNO2S2. The summed E-state index contributed by atoms with van der Waals surface area (Å²) in [5.41, 5.74) is 0.719. The van der Waals surface area contributed by atoms with Crippen LogP contribution in [0.1, 0.15) is 18.5 Å². The van der Waals surface area contributed by atoms with Gasteiger partial charge in [0.2, 0.25) is 0 Å². The average molecular weight is 285 g/mol. The minimum absolute atomic E-state index is 0.275. The Hall–Kier alpha value is -1.24. The van der Waals surface area contributed by atoms with Gasteiger partial charge in [-0.2, -0.15) is 0 Å². The number of rotatable bonds is 4. The normalized spacial score (nSPS) is 13.4. The summed E-state index contributed by atoms with van der Waals surface area (Å²) in [4.78, 5) is 0. The first kappa shape index (κ1) is 13.2. The van der Waals surface area contributed by atoms with E-state index < -0.39 is 16.1 Å². The molecule has 1 aromatic carbocycles. The van der Waals surface area contributed by atoms with Gasteiger partial charge in [0, 0.05) is 6.04 Å². The van der Waals surface area contributed by atoms with Crippen molar-refractivity contribution in [1.82, 2.24) is 4.72 Å². The summed E-state index contributed by atoms with van der Waals surface area (Å²) in [6.07, 6.45) is 0. The summed E-state index contributed by atoms with van der Waals surface area (Å²) < 4.78 is 39.5. The second kappa shape index (κ2) is 5.17. The highest BCUT2D eigenvalue weighted by Gasteiger charge is 2.18. The highest BCUT2D eigenvalue weighted by atomic mass is 32.2. The van der Waals surface area contributed by atoms with E-state index in [0.29, 0.717) is 0 Å². The van der Waals surface area contributed by atoms with Crippen molar-refractivity contribution in [2.45, 2.75) is 17.2 Å². The molecule has 1 N–H and O–H groups in total. The van der Waals surface area contributed by atoms with Gasteiger partial charge in [-0.3, -0.25) is 0 Å². The molecule has 96 valence electrons. The van der Waals surface area contributed by atoms with Gasteiger partial charge in [-0.25, -0.2) is 17.5 Å². The molecule has 3 nitrogen and oxygen atoms in total. The SMILES string of the molecule is C[C@@H](NS(=O)(=O)c1cccs1)c1ccc(F)cc1. The predicted octanol–water partition coefficient (Wildman–Crippen LogP) is 2.93. The van der Waals surface area contributed by atoms with Gasteiger partial charge in [-0.1, -0.05) is 18.2 Å². The maximum atomic E-state index is 12.8. The molecule has 0 amide bonds. The predicted molar refractivity (Wildman–Crippen MR) is 69.5 cm³/mol. The zero-order chi connectivity index (χ0) is 13.2. The topological polar surface area (TPSA) is 46.2 Å². The smallest absolute Gasteiger partial charge is 0.207 e. The molecule has 2 aromatic rings. The first-order valence-corrected chi connectivity index (χ1v) is 7.66. The standard InChI is InChI=1S/C12H12FNO2S2/c1-9(10-4-6-11(13)7-5-10)14-18(15,16)12-3-2-8-17-12/h2-9,14H,1H3/t9-/m1/s1. The van der Waals surface area contributed by atoms with E-state index in [2.05, 4.69) is 4.72 Å². The van der Waals surface area contributed by atoms with Crippen molar-refractivity contribution >= 4 is 21.4 Å². The zero-order valence-electron chi connectivity index (χ0n) is 9.63. The third-order valence-electron chi connectivity index (χ3n) is 2.46. The van der Waals surface area contributed by atoms with Crippen molar-refractivity contribution < 1.29 is 12.8 Å². The molecule has 0 aliphatic carbocycles. The Labute approximate surface area is 109 Å². The van der Waals surface area contributed by atoms with Crippen molar-refractivity contribution in [1.29, 1.82) is 0 Å². The second-order valence-corrected chi connectivity index (χ2v) is 6.72. The molecule has 1 aromatic heterocycles. The van der Waals surface area contributed by atoms with Gasteiger partial charge < -0.3 is 0 Å². The lowest BCUT2D eigenvalue weighted by Gasteiger charge is -2.13. The molecular weight excluding hydrogens is 273 g/mol. The summed E-state index contributed by atoms with van der Waals surface area (Å²) in [7, 11) is -3.50. The van der Waals surface area contributed by atoms with Gasteiger partial charge in [0.25, 0.3) is 10.0 Å². The summed E-state index contributed by atoms with van der Waals surface area (Å²) in [5, 5.41) is 1.71. The molecule has 18 heavy (non-hydrogen) atoms. The van der Waals surface area contributed by atoms with E-state index in [4.69, 9.17) is 0 Å². The fourth-order valence-electron chi connectivity index (χ4n) is 1.53. The van der Waals surface area contributed by atoms with E-state index in [1.165, 1.54) is 12.1 Å². The molecule has 1 heterocycles. The quantitative estimate of drug-likeness (QED) is 0.939. The minimum Gasteiger partial charge on any atom is -0.207 e. The van der Waals surface area contributed by atoms with E-state index in [1.807, 2.05) is 0 Å². The molecule has 0 bridgehead atoms. The van der Waals surface area contributed by atoms with Gasteiger partial charge in [0.1, 0.15) is 10.0 Å². The largest absolute Gasteiger partial charge is 0.250 e. The fraction of sp³-hybridized carbons (Fsp3) is 0.167. The van der Waals surface area contributed by atoms with Crippen molar-refractivity contribution in [3.63, 3.8) is 0 Å². The van der Waals surface area contributed by atoms with Crippen molar-refractivity contribution in [3.8, 4) is 0 Å². The summed E-state index contributed by atoms with van der Waals surface area (Å²) in [6, 6.07) is 8.58. The lowest BCUT2D eigenvalue weighted by Crippen LogP contribution is -2.26. The van der Waals surface area contributed by atoms with Crippen LogP contribution in [0.2, 0.25) is 0 Å². The molecule has 0 aliphatic heterocycles. The molecule has 0 saturated heterocycles. The van der Waals surface area contributed by atoms with Gasteiger partial charge in [-0.15, -0.1) is 11.3 Å². The number of sulfonamides is 1. The fourth-order valence-corrected chi connectivity index (χ4v) is 3.77.